The second-order valence-corrected chi connectivity index (χ2v) is 5.48. The highest BCUT2D eigenvalue weighted by Crippen LogP contribution is 2.19. The summed E-state index contributed by atoms with van der Waals surface area (Å²) in [6.45, 7) is 1.40. The molecule has 0 spiro atoms. The Hall–Kier alpha value is -3.15. The molecule has 0 aromatic heterocycles. The van der Waals surface area contributed by atoms with Gasteiger partial charge in [-0.3, -0.25) is 14.4 Å². The third-order valence-corrected chi connectivity index (χ3v) is 3.55. The molecule has 0 aliphatic carbocycles. The Bertz CT molecular complexity index is 759. The molecule has 0 unspecified atom stereocenters. The van der Waals surface area contributed by atoms with Crippen LogP contribution in [-0.4, -0.2) is 24.9 Å². The molecule has 2 N–H and O–H groups in total. The zero-order valence-electron chi connectivity index (χ0n) is 14.1. The topological polar surface area (TPSA) is 84.5 Å². The summed E-state index contributed by atoms with van der Waals surface area (Å²) in [7, 11) is 1.31. The maximum Gasteiger partial charge on any atom is 0.307 e. The smallest absolute Gasteiger partial charge is 0.307 e. The SMILES string of the molecule is COC(=O)C[C@@H](NC(=O)c1cccc(NC(C)=O)c1)c1ccccc1. The van der Waals surface area contributed by atoms with Crippen molar-refractivity contribution in [1.82, 2.24) is 5.32 Å². The van der Waals surface area contributed by atoms with E-state index in [1.165, 1.54) is 14.0 Å². The van der Waals surface area contributed by atoms with Crippen molar-refractivity contribution in [3.63, 3.8) is 0 Å². The Balaban J connectivity index is 2.19. The number of hydrogen-bond acceptors (Lipinski definition) is 4. The van der Waals surface area contributed by atoms with Crippen molar-refractivity contribution >= 4 is 23.5 Å². The first-order valence-electron chi connectivity index (χ1n) is 7.80. The van der Waals surface area contributed by atoms with Crippen LogP contribution < -0.4 is 10.6 Å². The standard InChI is InChI=1S/C19H20N2O4/c1-13(22)20-16-10-6-9-15(11-16)19(24)21-17(12-18(23)25-2)14-7-4-3-5-8-14/h3-11,17H,12H2,1-2H3,(H,20,22)(H,21,24)/t17-/m1/s1. The lowest BCUT2D eigenvalue weighted by Gasteiger charge is -2.18. The van der Waals surface area contributed by atoms with Crippen LogP contribution >= 0.6 is 0 Å². The number of carbonyl (C=O) groups excluding carboxylic acids is 3. The molecular weight excluding hydrogens is 320 g/mol. The number of hydrogen-bond donors (Lipinski definition) is 2. The molecule has 130 valence electrons. The zero-order chi connectivity index (χ0) is 18.2. The van der Waals surface area contributed by atoms with Crippen molar-refractivity contribution in [2.75, 3.05) is 12.4 Å². The molecule has 25 heavy (non-hydrogen) atoms. The maximum atomic E-state index is 12.6. The maximum absolute atomic E-state index is 12.6. The molecule has 0 saturated heterocycles. The normalized spacial score (nSPS) is 11.3. The van der Waals surface area contributed by atoms with E-state index < -0.39 is 12.0 Å². The average molecular weight is 340 g/mol. The van der Waals surface area contributed by atoms with Gasteiger partial charge in [0.25, 0.3) is 5.91 Å². The molecule has 0 fully saturated rings. The molecule has 0 bridgehead atoms. The van der Waals surface area contributed by atoms with Crippen LogP contribution in [0.2, 0.25) is 0 Å². The van der Waals surface area contributed by atoms with E-state index in [1.54, 1.807) is 24.3 Å². The largest absolute Gasteiger partial charge is 0.469 e. The van der Waals surface area contributed by atoms with Gasteiger partial charge in [-0.05, 0) is 23.8 Å². The molecule has 2 rings (SSSR count). The van der Waals surface area contributed by atoms with Crippen LogP contribution in [0.4, 0.5) is 5.69 Å². The predicted molar refractivity (Wildman–Crippen MR) is 94.0 cm³/mol. The minimum atomic E-state index is -0.509. The number of rotatable bonds is 6. The fourth-order valence-corrected chi connectivity index (χ4v) is 2.37. The third-order valence-electron chi connectivity index (χ3n) is 3.55. The van der Waals surface area contributed by atoms with Crippen molar-refractivity contribution in [2.45, 2.75) is 19.4 Å². The van der Waals surface area contributed by atoms with Crippen molar-refractivity contribution in [1.29, 1.82) is 0 Å². The summed E-state index contributed by atoms with van der Waals surface area (Å²) in [6, 6.07) is 15.3. The number of anilines is 1. The van der Waals surface area contributed by atoms with Gasteiger partial charge in [0, 0.05) is 18.2 Å². The predicted octanol–water partition coefficient (Wildman–Crippen LogP) is 2.68. The van der Waals surface area contributed by atoms with E-state index in [2.05, 4.69) is 10.6 Å². The first kappa shape index (κ1) is 18.2. The van der Waals surface area contributed by atoms with E-state index in [0.717, 1.165) is 5.56 Å². The van der Waals surface area contributed by atoms with Crippen LogP contribution in [0.25, 0.3) is 0 Å². The molecule has 2 aromatic carbocycles. The molecular formula is C19H20N2O4. The van der Waals surface area contributed by atoms with Crippen LogP contribution in [0.1, 0.15) is 35.3 Å². The van der Waals surface area contributed by atoms with Gasteiger partial charge in [-0.25, -0.2) is 0 Å². The van der Waals surface area contributed by atoms with Gasteiger partial charge in [0.05, 0.1) is 19.6 Å². The van der Waals surface area contributed by atoms with E-state index in [4.69, 9.17) is 4.74 Å². The summed E-state index contributed by atoms with van der Waals surface area (Å²) in [4.78, 5) is 35.4. The van der Waals surface area contributed by atoms with Crippen molar-refractivity contribution in [3.05, 3.63) is 65.7 Å². The van der Waals surface area contributed by atoms with Crippen LogP contribution in [0, 0.1) is 0 Å². The Kier molecular flexibility index (Phi) is 6.28. The van der Waals surface area contributed by atoms with Gasteiger partial charge in [0.1, 0.15) is 0 Å². The first-order valence-corrected chi connectivity index (χ1v) is 7.80. The summed E-state index contributed by atoms with van der Waals surface area (Å²) < 4.78 is 4.71. The zero-order valence-corrected chi connectivity index (χ0v) is 14.1. The second-order valence-electron chi connectivity index (χ2n) is 5.48. The Morgan fingerprint density at radius 2 is 1.76 bits per heavy atom. The Morgan fingerprint density at radius 1 is 1.04 bits per heavy atom. The van der Waals surface area contributed by atoms with E-state index in [9.17, 15) is 14.4 Å². The van der Waals surface area contributed by atoms with Crippen LogP contribution in [0.15, 0.2) is 54.6 Å². The number of nitrogens with one attached hydrogen (secondary N) is 2. The fraction of sp³-hybridized carbons (Fsp3) is 0.211. The summed E-state index contributed by atoms with van der Waals surface area (Å²) in [6.07, 6.45) is 0.0254. The number of esters is 1. The van der Waals surface area contributed by atoms with Crippen LogP contribution in [-0.2, 0) is 14.3 Å². The molecule has 6 heteroatoms. The third kappa shape index (κ3) is 5.46. The highest BCUT2D eigenvalue weighted by Gasteiger charge is 2.19. The molecule has 0 radical (unpaired) electrons. The van der Waals surface area contributed by atoms with Gasteiger partial charge in [-0.1, -0.05) is 36.4 Å². The molecule has 0 heterocycles. The second kappa shape index (κ2) is 8.63. The van der Waals surface area contributed by atoms with Crippen molar-refractivity contribution in [3.8, 4) is 0 Å². The highest BCUT2D eigenvalue weighted by atomic mass is 16.5. The van der Waals surface area contributed by atoms with E-state index >= 15 is 0 Å². The molecule has 0 aliphatic rings. The fourth-order valence-electron chi connectivity index (χ4n) is 2.37. The van der Waals surface area contributed by atoms with Gasteiger partial charge >= 0.3 is 5.97 Å². The summed E-state index contributed by atoms with van der Waals surface area (Å²) in [5.74, 6) is -0.975. The molecule has 1 atom stereocenters. The number of amides is 2. The summed E-state index contributed by atoms with van der Waals surface area (Å²) in [5.41, 5.74) is 1.72. The monoisotopic (exact) mass is 340 g/mol. The van der Waals surface area contributed by atoms with E-state index in [1.807, 2.05) is 30.3 Å². The number of ether oxygens (including phenoxy) is 1. The minimum absolute atomic E-state index is 0.0254. The minimum Gasteiger partial charge on any atom is -0.469 e. The molecule has 0 saturated carbocycles. The number of benzene rings is 2. The summed E-state index contributed by atoms with van der Waals surface area (Å²) in [5, 5.41) is 5.48. The van der Waals surface area contributed by atoms with Crippen molar-refractivity contribution in [2.24, 2.45) is 0 Å². The molecule has 6 nitrogen and oxygen atoms in total. The molecule has 2 aromatic rings. The lowest BCUT2D eigenvalue weighted by Crippen LogP contribution is -2.30. The molecule has 0 aliphatic heterocycles. The van der Waals surface area contributed by atoms with Gasteiger partial charge in [0.2, 0.25) is 5.91 Å². The number of carbonyl (C=O) groups is 3. The van der Waals surface area contributed by atoms with Crippen molar-refractivity contribution < 1.29 is 19.1 Å². The van der Waals surface area contributed by atoms with Crippen LogP contribution in [0.5, 0.6) is 0 Å². The molecule has 2 amide bonds. The Labute approximate surface area is 146 Å². The Morgan fingerprint density at radius 3 is 2.40 bits per heavy atom. The van der Waals surface area contributed by atoms with Gasteiger partial charge in [-0.15, -0.1) is 0 Å². The lowest BCUT2D eigenvalue weighted by atomic mass is 10.0. The lowest BCUT2D eigenvalue weighted by molar-refractivity contribution is -0.141. The quantitative estimate of drug-likeness (QED) is 0.792. The van der Waals surface area contributed by atoms with E-state index in [-0.39, 0.29) is 18.2 Å². The summed E-state index contributed by atoms with van der Waals surface area (Å²) >= 11 is 0. The van der Waals surface area contributed by atoms with Gasteiger partial charge in [-0.2, -0.15) is 0 Å². The average Bonchev–Trinajstić information content (AvgIpc) is 2.61. The highest BCUT2D eigenvalue weighted by molar-refractivity contribution is 5.97. The van der Waals surface area contributed by atoms with Gasteiger partial charge < -0.3 is 15.4 Å². The first-order chi connectivity index (χ1) is 12.0. The number of methoxy groups -OCH3 is 1. The van der Waals surface area contributed by atoms with Gasteiger partial charge in [0.15, 0.2) is 0 Å². The van der Waals surface area contributed by atoms with Crippen LogP contribution in [0.3, 0.4) is 0 Å². The van der Waals surface area contributed by atoms with E-state index in [0.29, 0.717) is 11.3 Å².